The van der Waals surface area contributed by atoms with Crippen molar-refractivity contribution in [3.05, 3.63) is 47.9 Å². The van der Waals surface area contributed by atoms with E-state index in [2.05, 4.69) is 32.0 Å². The Labute approximate surface area is 174 Å². The molecule has 1 fully saturated rings. The highest BCUT2D eigenvalue weighted by atomic mass is 32.2. The molecule has 8 heteroatoms. The number of hydrogen-bond donors (Lipinski definition) is 2. The monoisotopic (exact) mass is 411 g/mol. The second-order valence-electron chi connectivity index (χ2n) is 6.77. The molecule has 1 saturated heterocycles. The molecule has 7 nitrogen and oxygen atoms in total. The number of aromatic amines is 1. The van der Waals surface area contributed by atoms with Gasteiger partial charge in [0.15, 0.2) is 5.82 Å². The first-order chi connectivity index (χ1) is 14.3. The average molecular weight is 412 g/mol. The van der Waals surface area contributed by atoms with Gasteiger partial charge in [0.2, 0.25) is 0 Å². The van der Waals surface area contributed by atoms with E-state index in [0.29, 0.717) is 25.6 Å². The van der Waals surface area contributed by atoms with Crippen LogP contribution in [0.3, 0.4) is 0 Å². The summed E-state index contributed by atoms with van der Waals surface area (Å²) in [6.45, 7) is 3.70. The standard InChI is InChI=1S/C21H25N5O2S/c27-8-3-11-29-21-12-20(26-6-9-28-10-7-26)24-19(25-21)15-22-13-16-14-23-18-5-2-1-4-17(16)18/h1-2,4-5,12-14,23,27H,3,6-11,15H2. The van der Waals surface area contributed by atoms with Crippen LogP contribution in [0.5, 0.6) is 0 Å². The first-order valence-corrected chi connectivity index (χ1v) is 10.8. The predicted octanol–water partition coefficient (Wildman–Crippen LogP) is 2.89. The second-order valence-corrected chi connectivity index (χ2v) is 7.88. The molecule has 1 aromatic carbocycles. The minimum absolute atomic E-state index is 0.191. The second kappa shape index (κ2) is 9.87. The number of benzene rings is 1. The molecule has 0 radical (unpaired) electrons. The van der Waals surface area contributed by atoms with Crippen LogP contribution in [-0.4, -0.2) is 64.9 Å². The van der Waals surface area contributed by atoms with Gasteiger partial charge in [-0.25, -0.2) is 9.97 Å². The molecule has 0 saturated carbocycles. The van der Waals surface area contributed by atoms with E-state index in [1.165, 1.54) is 0 Å². The fourth-order valence-corrected chi connectivity index (χ4v) is 4.07. The number of aliphatic hydroxyl groups is 1. The van der Waals surface area contributed by atoms with Crippen LogP contribution in [0.25, 0.3) is 10.9 Å². The highest BCUT2D eigenvalue weighted by Crippen LogP contribution is 2.23. The van der Waals surface area contributed by atoms with E-state index in [1.54, 1.807) is 11.8 Å². The van der Waals surface area contributed by atoms with Crippen molar-refractivity contribution < 1.29 is 9.84 Å². The molecule has 0 bridgehead atoms. The van der Waals surface area contributed by atoms with Crippen molar-refractivity contribution in [3.63, 3.8) is 0 Å². The van der Waals surface area contributed by atoms with Crippen LogP contribution in [0.4, 0.5) is 5.82 Å². The number of aliphatic imine (C=N–C) groups is 1. The topological polar surface area (TPSA) is 86.6 Å². The van der Waals surface area contributed by atoms with Gasteiger partial charge in [-0.2, -0.15) is 0 Å². The number of fused-ring (bicyclic) bond motifs is 1. The maximum atomic E-state index is 9.05. The average Bonchev–Trinajstić information content (AvgIpc) is 3.18. The van der Waals surface area contributed by atoms with Crippen molar-refractivity contribution in [1.82, 2.24) is 15.0 Å². The van der Waals surface area contributed by atoms with Crippen LogP contribution in [0, 0.1) is 0 Å². The number of nitrogens with zero attached hydrogens (tertiary/aromatic N) is 4. The van der Waals surface area contributed by atoms with Crippen molar-refractivity contribution in [1.29, 1.82) is 0 Å². The highest BCUT2D eigenvalue weighted by molar-refractivity contribution is 7.99. The van der Waals surface area contributed by atoms with Gasteiger partial charge in [-0.3, -0.25) is 4.99 Å². The van der Waals surface area contributed by atoms with E-state index < -0.39 is 0 Å². The molecule has 0 aliphatic carbocycles. The zero-order valence-corrected chi connectivity index (χ0v) is 17.1. The maximum Gasteiger partial charge on any atom is 0.153 e. The van der Waals surface area contributed by atoms with Gasteiger partial charge in [-0.1, -0.05) is 18.2 Å². The van der Waals surface area contributed by atoms with E-state index in [9.17, 15) is 0 Å². The minimum Gasteiger partial charge on any atom is -0.396 e. The van der Waals surface area contributed by atoms with Gasteiger partial charge < -0.3 is 19.7 Å². The molecule has 4 rings (SSSR count). The third-order valence-corrected chi connectivity index (χ3v) is 5.70. The molecule has 0 atom stereocenters. The SMILES string of the molecule is OCCCSc1cc(N2CCOCC2)nc(CN=Cc2c[nH]c3ccccc23)n1. The lowest BCUT2D eigenvalue weighted by Crippen LogP contribution is -2.37. The van der Waals surface area contributed by atoms with Gasteiger partial charge >= 0.3 is 0 Å². The molecule has 29 heavy (non-hydrogen) atoms. The Balaban J connectivity index is 1.52. The maximum absolute atomic E-state index is 9.05. The van der Waals surface area contributed by atoms with Gasteiger partial charge in [0.05, 0.1) is 19.8 Å². The number of nitrogens with one attached hydrogen (secondary N) is 1. The van der Waals surface area contributed by atoms with Crippen LogP contribution in [0.15, 0.2) is 46.5 Å². The first kappa shape index (κ1) is 19.9. The van der Waals surface area contributed by atoms with E-state index in [4.69, 9.17) is 14.8 Å². The molecular weight excluding hydrogens is 386 g/mol. The number of anilines is 1. The van der Waals surface area contributed by atoms with Gasteiger partial charge in [-0.15, -0.1) is 11.8 Å². The summed E-state index contributed by atoms with van der Waals surface area (Å²) in [5, 5.41) is 11.1. The molecule has 0 spiro atoms. The molecule has 1 aliphatic rings. The summed E-state index contributed by atoms with van der Waals surface area (Å²) in [4.78, 5) is 19.5. The molecule has 2 aromatic heterocycles. The van der Waals surface area contributed by atoms with Crippen LogP contribution in [0.1, 0.15) is 17.8 Å². The summed E-state index contributed by atoms with van der Waals surface area (Å²) in [5.74, 6) is 2.46. The van der Waals surface area contributed by atoms with E-state index in [0.717, 1.165) is 52.6 Å². The molecule has 0 amide bonds. The van der Waals surface area contributed by atoms with Crippen LogP contribution in [0.2, 0.25) is 0 Å². The number of aliphatic hydroxyl groups excluding tert-OH is 1. The van der Waals surface area contributed by atoms with Gasteiger partial charge in [0, 0.05) is 60.4 Å². The Bertz CT molecular complexity index is 969. The van der Waals surface area contributed by atoms with Crippen LogP contribution >= 0.6 is 11.8 Å². The van der Waals surface area contributed by atoms with Crippen LogP contribution < -0.4 is 4.90 Å². The molecular formula is C21H25N5O2S. The number of aromatic nitrogens is 3. The lowest BCUT2D eigenvalue weighted by molar-refractivity contribution is 0.122. The zero-order valence-electron chi connectivity index (χ0n) is 16.3. The smallest absolute Gasteiger partial charge is 0.153 e. The number of thioether (sulfide) groups is 1. The zero-order chi connectivity index (χ0) is 19.9. The quantitative estimate of drug-likeness (QED) is 0.257. The van der Waals surface area contributed by atoms with Crippen molar-refractivity contribution >= 4 is 34.7 Å². The number of rotatable bonds is 8. The third-order valence-electron chi connectivity index (χ3n) is 4.71. The number of morpholine rings is 1. The van der Waals surface area contributed by atoms with Crippen molar-refractivity contribution in [2.45, 2.75) is 18.0 Å². The summed E-state index contributed by atoms with van der Waals surface area (Å²) in [6, 6.07) is 10.2. The Hall–Kier alpha value is -2.42. The van der Waals surface area contributed by atoms with E-state index >= 15 is 0 Å². The number of H-pyrrole nitrogens is 1. The van der Waals surface area contributed by atoms with Crippen molar-refractivity contribution in [2.24, 2.45) is 4.99 Å². The van der Waals surface area contributed by atoms with E-state index in [-0.39, 0.29) is 6.61 Å². The third kappa shape index (κ3) is 5.14. The molecule has 0 unspecified atom stereocenters. The summed E-state index contributed by atoms with van der Waals surface area (Å²) >= 11 is 1.64. The normalized spacial score (nSPS) is 14.9. The lowest BCUT2D eigenvalue weighted by atomic mass is 10.2. The fraction of sp³-hybridized carbons (Fsp3) is 0.381. The Morgan fingerprint density at radius 3 is 2.97 bits per heavy atom. The van der Waals surface area contributed by atoms with Crippen LogP contribution in [-0.2, 0) is 11.3 Å². The summed E-state index contributed by atoms with van der Waals surface area (Å²) < 4.78 is 5.46. The number of ether oxygens (including phenoxy) is 1. The van der Waals surface area contributed by atoms with Gasteiger partial charge in [0.1, 0.15) is 10.8 Å². The van der Waals surface area contributed by atoms with Gasteiger partial charge in [-0.05, 0) is 12.5 Å². The largest absolute Gasteiger partial charge is 0.396 e. The Kier molecular flexibility index (Phi) is 6.76. The predicted molar refractivity (Wildman–Crippen MR) is 117 cm³/mol. The number of hydrogen-bond acceptors (Lipinski definition) is 7. The Morgan fingerprint density at radius 1 is 1.24 bits per heavy atom. The molecule has 3 heterocycles. The van der Waals surface area contributed by atoms with Crippen molar-refractivity contribution in [3.8, 4) is 0 Å². The summed E-state index contributed by atoms with van der Waals surface area (Å²) in [6.07, 6.45) is 4.59. The lowest BCUT2D eigenvalue weighted by Gasteiger charge is -2.28. The summed E-state index contributed by atoms with van der Waals surface area (Å²) in [7, 11) is 0. The molecule has 3 aromatic rings. The fourth-order valence-electron chi connectivity index (χ4n) is 3.23. The highest BCUT2D eigenvalue weighted by Gasteiger charge is 2.15. The molecule has 2 N–H and O–H groups in total. The Morgan fingerprint density at radius 2 is 2.10 bits per heavy atom. The summed E-state index contributed by atoms with van der Waals surface area (Å²) in [5.41, 5.74) is 2.16. The number of para-hydroxylation sites is 1. The first-order valence-electron chi connectivity index (χ1n) is 9.84. The van der Waals surface area contributed by atoms with E-state index in [1.807, 2.05) is 30.6 Å². The van der Waals surface area contributed by atoms with Crippen molar-refractivity contribution in [2.75, 3.05) is 43.6 Å². The molecule has 1 aliphatic heterocycles. The minimum atomic E-state index is 0.191. The van der Waals surface area contributed by atoms with Gasteiger partial charge in [0.25, 0.3) is 0 Å². The molecule has 152 valence electrons.